The Morgan fingerprint density at radius 2 is 1.90 bits per heavy atom. The van der Waals surface area contributed by atoms with Crippen molar-refractivity contribution in [1.29, 1.82) is 0 Å². The summed E-state index contributed by atoms with van der Waals surface area (Å²) in [5.74, 6) is 1.08. The quantitative estimate of drug-likeness (QED) is 0.593. The van der Waals surface area contributed by atoms with Gasteiger partial charge in [-0.15, -0.1) is 0 Å². The fourth-order valence-corrected chi connectivity index (χ4v) is 3.87. The topological polar surface area (TPSA) is 71.0 Å². The van der Waals surface area contributed by atoms with Crippen molar-refractivity contribution in [3.8, 4) is 11.5 Å². The van der Waals surface area contributed by atoms with Crippen LogP contribution in [0.5, 0.6) is 11.5 Å². The van der Waals surface area contributed by atoms with Crippen LogP contribution < -0.4 is 14.8 Å². The summed E-state index contributed by atoms with van der Waals surface area (Å²) in [6.07, 6.45) is 1.13. The maximum Gasteiger partial charge on any atom is 0.221 e. The van der Waals surface area contributed by atoms with Crippen LogP contribution >= 0.6 is 23.2 Å². The van der Waals surface area contributed by atoms with Crippen molar-refractivity contribution in [2.24, 2.45) is 0 Å². The molecule has 1 heterocycles. The summed E-state index contributed by atoms with van der Waals surface area (Å²) in [5, 5.41) is 14.4. The van der Waals surface area contributed by atoms with Crippen molar-refractivity contribution in [2.45, 2.75) is 44.9 Å². The minimum atomic E-state index is -0.669. The minimum absolute atomic E-state index is 0.0705. The highest BCUT2D eigenvalue weighted by molar-refractivity contribution is 6.42. The summed E-state index contributed by atoms with van der Waals surface area (Å²) in [4.78, 5) is 13.6. The van der Waals surface area contributed by atoms with Gasteiger partial charge in [-0.3, -0.25) is 9.69 Å². The zero-order chi connectivity index (χ0) is 22.4. The van der Waals surface area contributed by atoms with Crippen LogP contribution in [-0.4, -0.2) is 53.9 Å². The fraction of sp³-hybridized carbons (Fsp3) is 0.435. The van der Waals surface area contributed by atoms with E-state index in [9.17, 15) is 9.90 Å². The van der Waals surface area contributed by atoms with Gasteiger partial charge in [-0.05, 0) is 44.0 Å². The van der Waals surface area contributed by atoms with Gasteiger partial charge in [0.15, 0.2) is 0 Å². The Bertz CT molecular complexity index is 888. The van der Waals surface area contributed by atoms with Crippen LogP contribution in [0.2, 0.25) is 10.0 Å². The lowest BCUT2D eigenvalue weighted by molar-refractivity contribution is -0.114. The Labute approximate surface area is 193 Å². The van der Waals surface area contributed by atoms with Gasteiger partial charge in [0.05, 0.1) is 15.7 Å². The van der Waals surface area contributed by atoms with E-state index in [2.05, 4.69) is 10.2 Å². The third kappa shape index (κ3) is 6.74. The molecule has 3 rings (SSSR count). The first-order valence-corrected chi connectivity index (χ1v) is 11.1. The first kappa shape index (κ1) is 23.7. The van der Waals surface area contributed by atoms with Crippen molar-refractivity contribution in [3.05, 3.63) is 52.5 Å². The zero-order valence-corrected chi connectivity index (χ0v) is 19.2. The monoisotopic (exact) mass is 466 g/mol. The van der Waals surface area contributed by atoms with Gasteiger partial charge in [-0.1, -0.05) is 35.3 Å². The van der Waals surface area contributed by atoms with E-state index in [4.69, 9.17) is 32.7 Å². The Kier molecular flexibility index (Phi) is 8.43. The normalized spacial score (nSPS) is 17.1. The SMILES string of the molecule is CC(=O)Nc1ccccc1OC[C@@H](O)[C@H](C)N1CCC(Oc2ccc(Cl)c(Cl)c2)CC1. The summed E-state index contributed by atoms with van der Waals surface area (Å²) < 4.78 is 11.8. The number of likely N-dealkylation sites (tertiary alicyclic amines) is 1. The van der Waals surface area contributed by atoms with Gasteiger partial charge in [0.1, 0.15) is 30.3 Å². The van der Waals surface area contributed by atoms with E-state index < -0.39 is 6.10 Å². The Balaban J connectivity index is 1.47. The molecule has 2 N–H and O–H groups in total. The zero-order valence-electron chi connectivity index (χ0n) is 17.7. The number of benzene rings is 2. The number of hydrogen-bond donors (Lipinski definition) is 2. The number of anilines is 1. The molecule has 8 heteroatoms. The fourth-order valence-electron chi connectivity index (χ4n) is 3.59. The van der Waals surface area contributed by atoms with E-state index >= 15 is 0 Å². The number of rotatable bonds is 8. The predicted molar refractivity (Wildman–Crippen MR) is 123 cm³/mol. The second kappa shape index (κ2) is 11.0. The number of nitrogens with zero attached hydrogens (tertiary/aromatic N) is 1. The standard InChI is InChI=1S/C23H28Cl2N2O4/c1-15(22(29)14-30-23-6-4-3-5-21(23)26-16(2)28)27-11-9-17(10-12-27)31-18-7-8-19(24)20(25)13-18/h3-8,13,15,17,22,29H,9-12,14H2,1-2H3,(H,26,28)/t15-,22+/m0/s1. The average Bonchev–Trinajstić information content (AvgIpc) is 2.75. The van der Waals surface area contributed by atoms with Crippen molar-refractivity contribution >= 4 is 34.8 Å². The van der Waals surface area contributed by atoms with Gasteiger partial charge < -0.3 is 19.9 Å². The highest BCUT2D eigenvalue weighted by atomic mass is 35.5. The number of nitrogens with one attached hydrogen (secondary N) is 1. The molecule has 0 bridgehead atoms. The number of carbonyl (C=O) groups is 1. The van der Waals surface area contributed by atoms with Crippen molar-refractivity contribution < 1.29 is 19.4 Å². The molecule has 2 atom stereocenters. The van der Waals surface area contributed by atoms with Crippen LogP contribution in [0.3, 0.4) is 0 Å². The second-order valence-electron chi connectivity index (χ2n) is 7.73. The van der Waals surface area contributed by atoms with Crippen LogP contribution in [-0.2, 0) is 4.79 Å². The van der Waals surface area contributed by atoms with Gasteiger partial charge in [0.2, 0.25) is 5.91 Å². The van der Waals surface area contributed by atoms with Crippen molar-refractivity contribution in [2.75, 3.05) is 25.0 Å². The van der Waals surface area contributed by atoms with E-state index in [1.807, 2.05) is 25.1 Å². The van der Waals surface area contributed by atoms with Crippen molar-refractivity contribution in [1.82, 2.24) is 4.90 Å². The number of para-hydroxylation sites is 2. The first-order valence-electron chi connectivity index (χ1n) is 10.4. The molecule has 1 aliphatic heterocycles. The Morgan fingerprint density at radius 3 is 2.58 bits per heavy atom. The van der Waals surface area contributed by atoms with Crippen LogP contribution in [0.15, 0.2) is 42.5 Å². The van der Waals surface area contributed by atoms with Gasteiger partial charge in [0, 0.05) is 32.1 Å². The highest BCUT2D eigenvalue weighted by Crippen LogP contribution is 2.29. The van der Waals surface area contributed by atoms with E-state index in [0.717, 1.165) is 25.9 Å². The van der Waals surface area contributed by atoms with E-state index in [1.165, 1.54) is 6.92 Å². The summed E-state index contributed by atoms with van der Waals surface area (Å²) in [5.41, 5.74) is 0.593. The molecule has 31 heavy (non-hydrogen) atoms. The molecule has 1 amide bonds. The summed E-state index contributed by atoms with van der Waals surface area (Å²) in [6.45, 7) is 5.20. The van der Waals surface area contributed by atoms with Crippen molar-refractivity contribution in [3.63, 3.8) is 0 Å². The smallest absolute Gasteiger partial charge is 0.221 e. The Hall–Kier alpha value is -1.99. The third-order valence-electron chi connectivity index (χ3n) is 5.41. The largest absolute Gasteiger partial charge is 0.490 e. The third-order valence-corrected chi connectivity index (χ3v) is 6.15. The molecular weight excluding hydrogens is 439 g/mol. The van der Waals surface area contributed by atoms with E-state index in [1.54, 1.807) is 24.3 Å². The van der Waals surface area contributed by atoms with Gasteiger partial charge >= 0.3 is 0 Å². The van der Waals surface area contributed by atoms with Crippen LogP contribution in [0.1, 0.15) is 26.7 Å². The summed E-state index contributed by atoms with van der Waals surface area (Å²) >= 11 is 12.0. The molecule has 1 saturated heterocycles. The molecule has 168 valence electrons. The molecule has 0 saturated carbocycles. The summed E-state index contributed by atoms with van der Waals surface area (Å²) in [7, 11) is 0. The number of aliphatic hydroxyl groups is 1. The lowest BCUT2D eigenvalue weighted by atomic mass is 10.0. The van der Waals surface area contributed by atoms with Gasteiger partial charge in [0.25, 0.3) is 0 Å². The number of aliphatic hydroxyl groups excluding tert-OH is 1. The molecule has 0 spiro atoms. The molecule has 0 unspecified atom stereocenters. The molecule has 6 nitrogen and oxygen atoms in total. The van der Waals surface area contributed by atoms with Crippen LogP contribution in [0, 0.1) is 0 Å². The van der Waals surface area contributed by atoms with Gasteiger partial charge in [-0.25, -0.2) is 0 Å². The Morgan fingerprint density at radius 1 is 1.19 bits per heavy atom. The molecule has 2 aromatic rings. The lowest BCUT2D eigenvalue weighted by Crippen LogP contribution is -2.49. The lowest BCUT2D eigenvalue weighted by Gasteiger charge is -2.37. The summed E-state index contributed by atoms with van der Waals surface area (Å²) in [6, 6.07) is 12.4. The molecular formula is C23H28Cl2N2O4. The van der Waals surface area contributed by atoms with E-state index in [0.29, 0.717) is 27.2 Å². The second-order valence-corrected chi connectivity index (χ2v) is 8.54. The average molecular weight is 467 g/mol. The number of ether oxygens (including phenoxy) is 2. The minimum Gasteiger partial charge on any atom is -0.490 e. The van der Waals surface area contributed by atoms with Crippen LogP contribution in [0.25, 0.3) is 0 Å². The van der Waals surface area contributed by atoms with E-state index in [-0.39, 0.29) is 24.7 Å². The first-order chi connectivity index (χ1) is 14.8. The molecule has 0 radical (unpaired) electrons. The number of hydrogen-bond acceptors (Lipinski definition) is 5. The molecule has 0 aliphatic carbocycles. The molecule has 0 aromatic heterocycles. The number of amides is 1. The molecule has 1 fully saturated rings. The number of carbonyl (C=O) groups excluding carboxylic acids is 1. The predicted octanol–water partition coefficient (Wildman–Crippen LogP) is 4.62. The molecule has 2 aromatic carbocycles. The number of halogens is 2. The molecule has 1 aliphatic rings. The maximum atomic E-state index is 11.3. The maximum absolute atomic E-state index is 11.3. The van der Waals surface area contributed by atoms with Crippen LogP contribution in [0.4, 0.5) is 5.69 Å². The highest BCUT2D eigenvalue weighted by Gasteiger charge is 2.28. The number of piperidine rings is 1. The van der Waals surface area contributed by atoms with Gasteiger partial charge in [-0.2, -0.15) is 0 Å².